The summed E-state index contributed by atoms with van der Waals surface area (Å²) in [5, 5.41) is 19.0. The number of benzene rings is 2. The van der Waals surface area contributed by atoms with Gasteiger partial charge in [-0.25, -0.2) is 4.79 Å². The standard InChI is InChI=1S/C23H20Cl2N6O2/c1-13-21(14(2)33-30-13)27-23(32)26-16-9-7-15(8-10-16)22-29-28-20(31(22)3)12-11-17-18(24)5-4-6-19(17)25/h4-12H,1-3H3,(H2,26,27,32)/b12-11+. The lowest BCUT2D eigenvalue weighted by molar-refractivity contribution is 0.262. The maximum atomic E-state index is 12.3. The van der Waals surface area contributed by atoms with Gasteiger partial charge in [0.1, 0.15) is 11.4 Å². The van der Waals surface area contributed by atoms with Gasteiger partial charge in [-0.15, -0.1) is 10.2 Å². The van der Waals surface area contributed by atoms with Gasteiger partial charge in [-0.1, -0.05) is 34.4 Å². The smallest absolute Gasteiger partial charge is 0.323 e. The molecule has 0 aliphatic carbocycles. The first-order valence-electron chi connectivity index (χ1n) is 9.96. The van der Waals surface area contributed by atoms with E-state index < -0.39 is 0 Å². The van der Waals surface area contributed by atoms with Crippen LogP contribution in [0.1, 0.15) is 22.8 Å². The van der Waals surface area contributed by atoms with Crippen molar-refractivity contribution in [3.05, 3.63) is 75.4 Å². The van der Waals surface area contributed by atoms with Gasteiger partial charge >= 0.3 is 6.03 Å². The van der Waals surface area contributed by atoms with E-state index in [1.54, 1.807) is 50.3 Å². The summed E-state index contributed by atoms with van der Waals surface area (Å²) in [6.07, 6.45) is 3.61. The Bertz CT molecular complexity index is 1300. The van der Waals surface area contributed by atoms with E-state index in [4.69, 9.17) is 27.7 Å². The van der Waals surface area contributed by atoms with Crippen molar-refractivity contribution in [1.29, 1.82) is 0 Å². The molecule has 0 bridgehead atoms. The lowest BCUT2D eigenvalue weighted by Gasteiger charge is -2.08. The molecule has 2 N–H and O–H groups in total. The molecule has 33 heavy (non-hydrogen) atoms. The summed E-state index contributed by atoms with van der Waals surface area (Å²) in [5.41, 5.74) is 3.36. The van der Waals surface area contributed by atoms with Crippen molar-refractivity contribution in [3.8, 4) is 11.4 Å². The highest BCUT2D eigenvalue weighted by atomic mass is 35.5. The van der Waals surface area contributed by atoms with Crippen molar-refractivity contribution in [3.63, 3.8) is 0 Å². The normalized spacial score (nSPS) is 11.2. The molecule has 0 unspecified atom stereocenters. The summed E-state index contributed by atoms with van der Waals surface area (Å²) < 4.78 is 6.91. The lowest BCUT2D eigenvalue weighted by atomic mass is 10.2. The van der Waals surface area contributed by atoms with E-state index in [0.717, 1.165) is 11.1 Å². The van der Waals surface area contributed by atoms with Gasteiger partial charge < -0.3 is 19.7 Å². The van der Waals surface area contributed by atoms with Gasteiger partial charge in [-0.2, -0.15) is 0 Å². The predicted octanol–water partition coefficient (Wildman–Crippen LogP) is 6.21. The summed E-state index contributed by atoms with van der Waals surface area (Å²) in [7, 11) is 1.87. The predicted molar refractivity (Wildman–Crippen MR) is 130 cm³/mol. The van der Waals surface area contributed by atoms with Crippen molar-refractivity contribution >= 4 is 52.8 Å². The molecule has 0 saturated heterocycles. The minimum absolute atomic E-state index is 0.388. The average molecular weight is 483 g/mol. The van der Waals surface area contributed by atoms with Crippen LogP contribution in [0.4, 0.5) is 16.2 Å². The lowest BCUT2D eigenvalue weighted by Crippen LogP contribution is -2.20. The van der Waals surface area contributed by atoms with E-state index in [-0.39, 0.29) is 6.03 Å². The number of anilines is 2. The number of hydrogen-bond acceptors (Lipinski definition) is 5. The molecule has 4 aromatic rings. The number of urea groups is 1. The molecule has 2 amide bonds. The molecular formula is C23H20Cl2N6O2. The van der Waals surface area contributed by atoms with Crippen LogP contribution in [0.25, 0.3) is 23.5 Å². The summed E-state index contributed by atoms with van der Waals surface area (Å²) in [5.74, 6) is 1.86. The van der Waals surface area contributed by atoms with E-state index in [1.807, 2.05) is 29.8 Å². The Hall–Kier alpha value is -3.62. The third kappa shape index (κ3) is 4.92. The highest BCUT2D eigenvalue weighted by molar-refractivity contribution is 6.37. The number of amides is 2. The molecule has 0 aliphatic heterocycles. The van der Waals surface area contributed by atoms with Crippen LogP contribution < -0.4 is 10.6 Å². The number of carbonyl (C=O) groups excluding carboxylic acids is 1. The fourth-order valence-corrected chi connectivity index (χ4v) is 3.73. The van der Waals surface area contributed by atoms with Gasteiger partial charge in [0.05, 0.1) is 0 Å². The van der Waals surface area contributed by atoms with Crippen molar-refractivity contribution in [2.24, 2.45) is 7.05 Å². The number of hydrogen-bond donors (Lipinski definition) is 2. The van der Waals surface area contributed by atoms with Gasteiger partial charge in [0.15, 0.2) is 17.4 Å². The molecular weight excluding hydrogens is 463 g/mol. The van der Waals surface area contributed by atoms with Crippen molar-refractivity contribution in [2.45, 2.75) is 13.8 Å². The second kappa shape index (κ2) is 9.48. The van der Waals surface area contributed by atoms with E-state index in [0.29, 0.717) is 44.5 Å². The van der Waals surface area contributed by atoms with Crippen molar-refractivity contribution in [1.82, 2.24) is 19.9 Å². The molecule has 0 fully saturated rings. The molecule has 2 aromatic heterocycles. The number of nitrogens with one attached hydrogen (secondary N) is 2. The minimum atomic E-state index is -0.388. The fraction of sp³-hybridized carbons (Fsp3) is 0.130. The van der Waals surface area contributed by atoms with Crippen LogP contribution in [0.3, 0.4) is 0 Å². The first kappa shape index (κ1) is 22.6. The van der Waals surface area contributed by atoms with E-state index in [1.165, 1.54) is 0 Å². The van der Waals surface area contributed by atoms with Gasteiger partial charge in [-0.05, 0) is 62.4 Å². The molecule has 8 nitrogen and oxygen atoms in total. The van der Waals surface area contributed by atoms with E-state index in [2.05, 4.69) is 26.0 Å². The zero-order valence-electron chi connectivity index (χ0n) is 18.1. The Balaban J connectivity index is 1.47. The largest absolute Gasteiger partial charge is 0.359 e. The third-order valence-corrected chi connectivity index (χ3v) is 5.64. The summed E-state index contributed by atoms with van der Waals surface area (Å²) in [4.78, 5) is 12.3. The molecule has 2 aromatic carbocycles. The van der Waals surface area contributed by atoms with Crippen molar-refractivity contribution in [2.75, 3.05) is 10.6 Å². The van der Waals surface area contributed by atoms with Crippen LogP contribution in [-0.2, 0) is 7.05 Å². The Morgan fingerprint density at radius 2 is 1.70 bits per heavy atom. The number of aromatic nitrogens is 4. The summed E-state index contributed by atoms with van der Waals surface area (Å²) >= 11 is 12.4. The quantitative estimate of drug-likeness (QED) is 0.352. The molecule has 10 heteroatoms. The Labute approximate surface area is 200 Å². The Kier molecular flexibility index (Phi) is 6.48. The van der Waals surface area contributed by atoms with Crippen LogP contribution in [-0.4, -0.2) is 26.0 Å². The van der Waals surface area contributed by atoms with Gasteiger partial charge in [0, 0.05) is 33.9 Å². The molecule has 2 heterocycles. The monoisotopic (exact) mass is 482 g/mol. The van der Waals surface area contributed by atoms with Crippen LogP contribution in [0.15, 0.2) is 47.0 Å². The molecule has 168 valence electrons. The van der Waals surface area contributed by atoms with E-state index in [9.17, 15) is 4.79 Å². The summed E-state index contributed by atoms with van der Waals surface area (Å²) in [6.45, 7) is 3.49. The van der Waals surface area contributed by atoms with Gasteiger partial charge in [-0.3, -0.25) is 0 Å². The SMILES string of the molecule is Cc1noc(C)c1NC(=O)Nc1ccc(-c2nnc(/C=C/c3c(Cl)cccc3Cl)n2C)cc1. The average Bonchev–Trinajstić information content (AvgIpc) is 3.30. The number of carbonyl (C=O) groups is 1. The second-order valence-electron chi connectivity index (χ2n) is 7.27. The van der Waals surface area contributed by atoms with Crippen LogP contribution >= 0.6 is 23.2 Å². The van der Waals surface area contributed by atoms with E-state index >= 15 is 0 Å². The molecule has 0 saturated carbocycles. The topological polar surface area (TPSA) is 97.9 Å². The van der Waals surface area contributed by atoms with Gasteiger partial charge in [0.25, 0.3) is 0 Å². The maximum absolute atomic E-state index is 12.3. The molecule has 0 atom stereocenters. The molecule has 0 radical (unpaired) electrons. The molecule has 0 aliphatic rings. The Morgan fingerprint density at radius 3 is 2.33 bits per heavy atom. The van der Waals surface area contributed by atoms with Crippen LogP contribution in [0.2, 0.25) is 10.0 Å². The maximum Gasteiger partial charge on any atom is 0.323 e. The first-order chi connectivity index (χ1) is 15.8. The Morgan fingerprint density at radius 1 is 1.00 bits per heavy atom. The third-order valence-electron chi connectivity index (χ3n) is 4.98. The van der Waals surface area contributed by atoms with Crippen molar-refractivity contribution < 1.29 is 9.32 Å². The highest BCUT2D eigenvalue weighted by Crippen LogP contribution is 2.27. The molecule has 0 spiro atoms. The first-order valence-corrected chi connectivity index (χ1v) is 10.7. The number of halogens is 2. The number of rotatable bonds is 5. The number of aryl methyl sites for hydroxylation is 2. The number of nitrogens with zero attached hydrogens (tertiary/aromatic N) is 4. The minimum Gasteiger partial charge on any atom is -0.359 e. The van der Waals surface area contributed by atoms with Crippen LogP contribution in [0, 0.1) is 13.8 Å². The zero-order valence-corrected chi connectivity index (χ0v) is 19.6. The fourth-order valence-electron chi connectivity index (χ4n) is 3.21. The summed E-state index contributed by atoms with van der Waals surface area (Å²) in [6, 6.07) is 12.2. The van der Waals surface area contributed by atoms with Crippen LogP contribution in [0.5, 0.6) is 0 Å². The highest BCUT2D eigenvalue weighted by Gasteiger charge is 2.13. The van der Waals surface area contributed by atoms with Gasteiger partial charge in [0.2, 0.25) is 0 Å². The zero-order chi connectivity index (χ0) is 23.5. The molecule has 4 rings (SSSR count). The second-order valence-corrected chi connectivity index (χ2v) is 8.08.